The number of hydrogen-bond donors (Lipinski definition) is 1. The Hall–Kier alpha value is -3.86. The summed E-state index contributed by atoms with van der Waals surface area (Å²) >= 11 is 0. The Labute approximate surface area is 206 Å². The molecule has 5 nitrogen and oxygen atoms in total. The van der Waals surface area contributed by atoms with Crippen molar-refractivity contribution in [2.75, 3.05) is 11.5 Å². The van der Waals surface area contributed by atoms with Gasteiger partial charge in [-0.25, -0.2) is 0 Å². The number of aryl methyl sites for hydroxylation is 1. The first-order valence-corrected chi connectivity index (χ1v) is 12.1. The molecule has 0 bridgehead atoms. The van der Waals surface area contributed by atoms with E-state index in [0.29, 0.717) is 23.6 Å². The van der Waals surface area contributed by atoms with Crippen LogP contribution < -0.4 is 9.64 Å². The maximum atomic E-state index is 13.3. The van der Waals surface area contributed by atoms with Crippen molar-refractivity contribution in [3.05, 3.63) is 101 Å². The molecule has 4 rings (SSSR count). The Balaban J connectivity index is 1.77. The number of nitrogens with zero attached hydrogens (tertiary/aromatic N) is 1. The van der Waals surface area contributed by atoms with Gasteiger partial charge >= 0.3 is 0 Å². The Kier molecular flexibility index (Phi) is 7.35. The van der Waals surface area contributed by atoms with Gasteiger partial charge in [-0.05, 0) is 67.3 Å². The van der Waals surface area contributed by atoms with Crippen LogP contribution in [0.3, 0.4) is 0 Å². The molecular formula is C30H31NO4. The van der Waals surface area contributed by atoms with Crippen molar-refractivity contribution in [1.29, 1.82) is 0 Å². The highest BCUT2D eigenvalue weighted by molar-refractivity contribution is 6.51. The third-order valence-electron chi connectivity index (χ3n) is 6.54. The lowest BCUT2D eigenvalue weighted by atomic mass is 9.94. The van der Waals surface area contributed by atoms with E-state index >= 15 is 0 Å². The fraction of sp³-hybridized carbons (Fsp3) is 0.267. The number of aliphatic hydroxyl groups is 1. The molecule has 0 saturated carbocycles. The first-order valence-electron chi connectivity index (χ1n) is 12.1. The topological polar surface area (TPSA) is 66.8 Å². The van der Waals surface area contributed by atoms with Gasteiger partial charge in [0.25, 0.3) is 11.7 Å². The first-order chi connectivity index (χ1) is 16.9. The average molecular weight is 470 g/mol. The van der Waals surface area contributed by atoms with Gasteiger partial charge in [0.2, 0.25) is 0 Å². The van der Waals surface area contributed by atoms with Crippen LogP contribution in [-0.4, -0.2) is 23.4 Å². The van der Waals surface area contributed by atoms with Crippen LogP contribution in [0.2, 0.25) is 0 Å². The summed E-state index contributed by atoms with van der Waals surface area (Å²) in [5, 5.41) is 11.3. The number of carbonyl (C=O) groups is 2. The second-order valence-electron chi connectivity index (χ2n) is 8.88. The highest BCUT2D eigenvalue weighted by atomic mass is 16.5. The van der Waals surface area contributed by atoms with Crippen LogP contribution in [0.15, 0.2) is 78.4 Å². The van der Waals surface area contributed by atoms with E-state index in [2.05, 4.69) is 6.92 Å². The fourth-order valence-corrected chi connectivity index (χ4v) is 4.43. The Morgan fingerprint density at radius 2 is 1.63 bits per heavy atom. The lowest BCUT2D eigenvalue weighted by Gasteiger charge is -2.27. The molecule has 3 aromatic carbocycles. The van der Waals surface area contributed by atoms with Crippen LogP contribution in [0.5, 0.6) is 5.75 Å². The molecule has 1 saturated heterocycles. The van der Waals surface area contributed by atoms with Crippen LogP contribution in [-0.2, 0) is 9.59 Å². The molecule has 1 aliphatic heterocycles. The minimum Gasteiger partial charge on any atom is -0.507 e. The van der Waals surface area contributed by atoms with Crippen LogP contribution >= 0.6 is 0 Å². The minimum atomic E-state index is -0.735. The molecule has 1 N–H and O–H groups in total. The van der Waals surface area contributed by atoms with Gasteiger partial charge in [-0.3, -0.25) is 14.5 Å². The molecule has 1 heterocycles. The third kappa shape index (κ3) is 4.85. The number of ketones is 1. The number of hydrogen-bond acceptors (Lipinski definition) is 4. The number of unbranched alkanes of at least 4 members (excludes halogenated alkanes) is 2. The maximum absolute atomic E-state index is 13.3. The summed E-state index contributed by atoms with van der Waals surface area (Å²) in [5.74, 6) is -0.835. The summed E-state index contributed by atoms with van der Waals surface area (Å²) in [6.07, 6.45) is 3.22. The zero-order chi connectivity index (χ0) is 24.9. The van der Waals surface area contributed by atoms with Crippen LogP contribution in [0.1, 0.15) is 54.5 Å². The van der Waals surface area contributed by atoms with Crippen molar-refractivity contribution in [3.63, 3.8) is 0 Å². The quantitative estimate of drug-likeness (QED) is 0.177. The SMILES string of the molecule is CCCCCOc1ccc(/C(O)=C2\C(=O)C(=O)N(c3cccc(C)c3C)C2c2ccccc2)cc1. The molecule has 35 heavy (non-hydrogen) atoms. The Morgan fingerprint density at radius 1 is 0.914 bits per heavy atom. The summed E-state index contributed by atoms with van der Waals surface area (Å²) in [5.41, 5.74) is 3.90. The van der Waals surface area contributed by atoms with E-state index < -0.39 is 17.7 Å². The van der Waals surface area contributed by atoms with Crippen molar-refractivity contribution in [3.8, 4) is 5.75 Å². The Morgan fingerprint density at radius 3 is 2.31 bits per heavy atom. The fourth-order valence-electron chi connectivity index (χ4n) is 4.43. The van der Waals surface area contributed by atoms with Gasteiger partial charge in [0.1, 0.15) is 11.5 Å². The standard InChI is InChI=1S/C30H31NO4/c1-4-5-9-19-35-24-17-15-23(16-18-24)28(32)26-27(22-12-7-6-8-13-22)31(30(34)29(26)33)25-14-10-11-20(2)21(25)3/h6-8,10-18,27,32H,4-5,9,19H2,1-3H3/b28-26+. The molecule has 0 spiro atoms. The smallest absolute Gasteiger partial charge is 0.300 e. The van der Waals surface area contributed by atoms with E-state index in [9.17, 15) is 14.7 Å². The van der Waals surface area contributed by atoms with Crippen molar-refractivity contribution in [1.82, 2.24) is 0 Å². The number of amides is 1. The zero-order valence-corrected chi connectivity index (χ0v) is 20.5. The number of aliphatic hydroxyl groups excluding tert-OH is 1. The number of ether oxygens (including phenoxy) is 1. The monoisotopic (exact) mass is 469 g/mol. The largest absolute Gasteiger partial charge is 0.507 e. The number of benzene rings is 3. The number of rotatable bonds is 8. The van der Waals surface area contributed by atoms with Crippen LogP contribution in [0, 0.1) is 13.8 Å². The maximum Gasteiger partial charge on any atom is 0.300 e. The van der Waals surface area contributed by atoms with Gasteiger partial charge in [-0.2, -0.15) is 0 Å². The summed E-state index contributed by atoms with van der Waals surface area (Å²) in [6, 6.07) is 21.3. The molecule has 1 aliphatic rings. The van der Waals surface area contributed by atoms with Crippen molar-refractivity contribution in [2.45, 2.75) is 46.1 Å². The highest BCUT2D eigenvalue weighted by Gasteiger charge is 2.47. The van der Waals surface area contributed by atoms with E-state index in [1.165, 1.54) is 4.90 Å². The van der Waals surface area contributed by atoms with Gasteiger partial charge < -0.3 is 9.84 Å². The molecule has 5 heteroatoms. The summed E-state index contributed by atoms with van der Waals surface area (Å²) in [7, 11) is 0. The van der Waals surface area contributed by atoms with Crippen LogP contribution in [0.4, 0.5) is 5.69 Å². The molecule has 0 aromatic heterocycles. The summed E-state index contributed by atoms with van der Waals surface area (Å²) < 4.78 is 5.77. The molecule has 1 fully saturated rings. The first kappa shape index (κ1) is 24.3. The average Bonchev–Trinajstić information content (AvgIpc) is 3.14. The highest BCUT2D eigenvalue weighted by Crippen LogP contribution is 2.43. The van der Waals surface area contributed by atoms with E-state index in [1.54, 1.807) is 24.3 Å². The predicted octanol–water partition coefficient (Wildman–Crippen LogP) is 6.50. The second kappa shape index (κ2) is 10.6. The van der Waals surface area contributed by atoms with Crippen molar-refractivity contribution >= 4 is 23.1 Å². The molecular weight excluding hydrogens is 438 g/mol. The van der Waals surface area contributed by atoms with Crippen molar-refractivity contribution in [2.24, 2.45) is 0 Å². The van der Waals surface area contributed by atoms with Gasteiger partial charge in [0, 0.05) is 11.3 Å². The van der Waals surface area contributed by atoms with E-state index in [0.717, 1.165) is 36.0 Å². The van der Waals surface area contributed by atoms with E-state index in [4.69, 9.17) is 4.74 Å². The zero-order valence-electron chi connectivity index (χ0n) is 20.5. The molecule has 0 radical (unpaired) electrons. The van der Waals surface area contributed by atoms with Gasteiger partial charge in [-0.1, -0.05) is 62.2 Å². The lowest BCUT2D eigenvalue weighted by molar-refractivity contribution is -0.132. The van der Waals surface area contributed by atoms with Gasteiger partial charge in [0.15, 0.2) is 0 Å². The van der Waals surface area contributed by atoms with Gasteiger partial charge in [-0.15, -0.1) is 0 Å². The van der Waals surface area contributed by atoms with Gasteiger partial charge in [0.05, 0.1) is 18.2 Å². The summed E-state index contributed by atoms with van der Waals surface area (Å²) in [6.45, 7) is 6.68. The van der Waals surface area contributed by atoms with Crippen molar-refractivity contribution < 1.29 is 19.4 Å². The van der Waals surface area contributed by atoms with E-state index in [1.807, 2.05) is 62.4 Å². The molecule has 1 unspecified atom stereocenters. The molecule has 1 atom stereocenters. The minimum absolute atomic E-state index is 0.0821. The third-order valence-corrected chi connectivity index (χ3v) is 6.54. The van der Waals surface area contributed by atoms with Crippen LogP contribution in [0.25, 0.3) is 5.76 Å². The molecule has 0 aliphatic carbocycles. The number of carbonyl (C=O) groups excluding carboxylic acids is 2. The number of anilines is 1. The molecule has 180 valence electrons. The lowest BCUT2D eigenvalue weighted by Crippen LogP contribution is -2.30. The molecule has 1 amide bonds. The van der Waals surface area contributed by atoms with E-state index in [-0.39, 0.29) is 11.3 Å². The number of Topliss-reactive ketones (excluding diaryl/α,β-unsaturated/α-hetero) is 1. The second-order valence-corrected chi connectivity index (χ2v) is 8.88. The Bertz CT molecular complexity index is 1250. The normalized spacial score (nSPS) is 17.1. The summed E-state index contributed by atoms with van der Waals surface area (Å²) in [4.78, 5) is 28.2. The molecule has 3 aromatic rings. The predicted molar refractivity (Wildman–Crippen MR) is 139 cm³/mol.